The monoisotopic (exact) mass is 249 g/mol. The molecule has 0 atom stereocenters. The van der Waals surface area contributed by atoms with Crippen molar-refractivity contribution < 1.29 is 9.90 Å². The first kappa shape index (κ1) is 12.8. The molecular weight excluding hydrogens is 230 g/mol. The molecule has 1 fully saturated rings. The van der Waals surface area contributed by atoms with E-state index in [2.05, 4.69) is 10.3 Å². The van der Waals surface area contributed by atoms with E-state index in [0.717, 1.165) is 24.1 Å². The van der Waals surface area contributed by atoms with Crippen LogP contribution in [0.3, 0.4) is 0 Å². The number of urea groups is 1. The number of rotatable bonds is 4. The quantitative estimate of drug-likeness (QED) is 0.853. The second kappa shape index (κ2) is 5.35. The molecule has 0 aromatic carbocycles. The number of aliphatic hydroxyl groups is 1. The van der Waals surface area contributed by atoms with Crippen LogP contribution in [0.2, 0.25) is 0 Å². The third kappa shape index (κ3) is 3.20. The van der Waals surface area contributed by atoms with Crippen molar-refractivity contribution in [2.45, 2.75) is 32.7 Å². The molecule has 0 bridgehead atoms. The Morgan fingerprint density at radius 2 is 2.22 bits per heavy atom. The topological polar surface area (TPSA) is 65.5 Å². The van der Waals surface area contributed by atoms with Crippen LogP contribution in [0.25, 0.3) is 0 Å². The fourth-order valence-electron chi connectivity index (χ4n) is 2.03. The summed E-state index contributed by atoms with van der Waals surface area (Å²) in [4.78, 5) is 18.0. The predicted molar refractivity (Wildman–Crippen MR) is 69.5 cm³/mol. The largest absolute Gasteiger partial charge is 0.395 e. The van der Waals surface area contributed by atoms with Crippen LogP contribution in [0.5, 0.6) is 0 Å². The number of carbonyl (C=O) groups excluding carboxylic acids is 1. The maximum absolute atomic E-state index is 12.1. The molecule has 98 valence electrons. The average molecular weight is 249 g/mol. The lowest BCUT2D eigenvalue weighted by Gasteiger charge is -2.21. The lowest BCUT2D eigenvalue weighted by Crippen LogP contribution is -2.38. The van der Waals surface area contributed by atoms with E-state index in [0.29, 0.717) is 12.4 Å². The first-order chi connectivity index (χ1) is 8.60. The van der Waals surface area contributed by atoms with Gasteiger partial charge in [0, 0.05) is 18.3 Å². The Morgan fingerprint density at radius 3 is 2.78 bits per heavy atom. The molecule has 1 aliphatic rings. The lowest BCUT2D eigenvalue weighted by atomic mass is 10.2. The van der Waals surface area contributed by atoms with Crippen molar-refractivity contribution in [1.82, 2.24) is 9.88 Å². The van der Waals surface area contributed by atoms with E-state index < -0.39 is 0 Å². The molecule has 2 amide bonds. The average Bonchev–Trinajstić information content (AvgIpc) is 3.07. The number of carbonyl (C=O) groups is 1. The van der Waals surface area contributed by atoms with Gasteiger partial charge >= 0.3 is 6.03 Å². The number of hydrogen-bond donors (Lipinski definition) is 2. The normalized spacial score (nSPS) is 14.4. The van der Waals surface area contributed by atoms with Crippen LogP contribution in [0.4, 0.5) is 10.6 Å². The molecule has 0 spiro atoms. The first-order valence-corrected chi connectivity index (χ1v) is 6.24. The van der Waals surface area contributed by atoms with E-state index in [1.807, 2.05) is 26.0 Å². The standard InChI is InChI=1S/C13H19N3O2/c1-9-7-10(2)14-12(8-9)15-13(18)16(5-6-17)11-3-4-11/h7-8,11,17H,3-6H2,1-2H3,(H,14,15,18). The number of aromatic nitrogens is 1. The Bertz CT molecular complexity index is 424. The molecule has 0 unspecified atom stereocenters. The molecule has 1 saturated carbocycles. The number of anilines is 1. The molecule has 5 heteroatoms. The van der Waals surface area contributed by atoms with Crippen LogP contribution in [-0.2, 0) is 0 Å². The zero-order chi connectivity index (χ0) is 13.1. The van der Waals surface area contributed by atoms with Crippen LogP contribution in [-0.4, -0.2) is 40.2 Å². The first-order valence-electron chi connectivity index (χ1n) is 6.24. The van der Waals surface area contributed by atoms with E-state index in [-0.39, 0.29) is 18.7 Å². The van der Waals surface area contributed by atoms with Gasteiger partial charge in [0.15, 0.2) is 0 Å². The Morgan fingerprint density at radius 1 is 1.50 bits per heavy atom. The minimum atomic E-state index is -0.177. The molecular formula is C13H19N3O2. The van der Waals surface area contributed by atoms with Crippen LogP contribution >= 0.6 is 0 Å². The highest BCUT2D eigenvalue weighted by Crippen LogP contribution is 2.27. The van der Waals surface area contributed by atoms with Crippen molar-refractivity contribution in [3.05, 3.63) is 23.4 Å². The molecule has 1 aromatic rings. The zero-order valence-electron chi connectivity index (χ0n) is 10.8. The van der Waals surface area contributed by atoms with Crippen LogP contribution in [0, 0.1) is 13.8 Å². The van der Waals surface area contributed by atoms with Crippen molar-refractivity contribution in [3.8, 4) is 0 Å². The van der Waals surface area contributed by atoms with Crippen molar-refractivity contribution in [2.24, 2.45) is 0 Å². The second-order valence-corrected chi connectivity index (χ2v) is 4.75. The zero-order valence-corrected chi connectivity index (χ0v) is 10.8. The van der Waals surface area contributed by atoms with E-state index in [4.69, 9.17) is 5.11 Å². The van der Waals surface area contributed by atoms with Gasteiger partial charge in [-0.2, -0.15) is 0 Å². The number of aliphatic hydroxyl groups excluding tert-OH is 1. The molecule has 0 saturated heterocycles. The summed E-state index contributed by atoms with van der Waals surface area (Å²) >= 11 is 0. The smallest absolute Gasteiger partial charge is 0.323 e. The highest BCUT2D eigenvalue weighted by atomic mass is 16.3. The van der Waals surface area contributed by atoms with Gasteiger partial charge in [-0.05, 0) is 44.4 Å². The van der Waals surface area contributed by atoms with Gasteiger partial charge in [0.1, 0.15) is 5.82 Å². The lowest BCUT2D eigenvalue weighted by molar-refractivity contribution is 0.185. The van der Waals surface area contributed by atoms with Crippen LogP contribution in [0.1, 0.15) is 24.1 Å². The van der Waals surface area contributed by atoms with E-state index >= 15 is 0 Å². The maximum atomic E-state index is 12.1. The molecule has 0 radical (unpaired) electrons. The van der Waals surface area contributed by atoms with Gasteiger partial charge in [0.2, 0.25) is 0 Å². The van der Waals surface area contributed by atoms with Gasteiger partial charge in [-0.1, -0.05) is 0 Å². The summed E-state index contributed by atoms with van der Waals surface area (Å²) in [6.45, 7) is 4.23. The van der Waals surface area contributed by atoms with E-state index in [9.17, 15) is 4.79 Å². The summed E-state index contributed by atoms with van der Waals surface area (Å²) in [5.41, 5.74) is 1.95. The minimum absolute atomic E-state index is 0.00973. The predicted octanol–water partition coefficient (Wildman–Crippen LogP) is 1.69. The summed E-state index contributed by atoms with van der Waals surface area (Å²) in [6, 6.07) is 3.91. The summed E-state index contributed by atoms with van der Waals surface area (Å²) in [7, 11) is 0. The van der Waals surface area contributed by atoms with Crippen molar-refractivity contribution in [1.29, 1.82) is 0 Å². The molecule has 2 rings (SSSR count). The van der Waals surface area contributed by atoms with Crippen molar-refractivity contribution in [2.75, 3.05) is 18.5 Å². The van der Waals surface area contributed by atoms with E-state index in [1.54, 1.807) is 4.90 Å². The van der Waals surface area contributed by atoms with Gasteiger partial charge in [-0.25, -0.2) is 9.78 Å². The molecule has 1 heterocycles. The summed E-state index contributed by atoms with van der Waals surface area (Å²) in [6.07, 6.45) is 2.04. The highest BCUT2D eigenvalue weighted by Gasteiger charge is 2.32. The Labute approximate surface area is 107 Å². The number of amides is 2. The van der Waals surface area contributed by atoms with Gasteiger partial charge < -0.3 is 10.0 Å². The van der Waals surface area contributed by atoms with Gasteiger partial charge in [0.25, 0.3) is 0 Å². The highest BCUT2D eigenvalue weighted by molar-refractivity contribution is 5.88. The summed E-state index contributed by atoms with van der Waals surface area (Å²) in [5, 5.41) is 11.8. The van der Waals surface area contributed by atoms with Crippen molar-refractivity contribution in [3.63, 3.8) is 0 Å². The van der Waals surface area contributed by atoms with E-state index in [1.165, 1.54) is 0 Å². The minimum Gasteiger partial charge on any atom is -0.395 e. The molecule has 18 heavy (non-hydrogen) atoms. The number of aryl methyl sites for hydroxylation is 2. The van der Waals surface area contributed by atoms with Crippen molar-refractivity contribution >= 4 is 11.8 Å². The Kier molecular flexibility index (Phi) is 3.81. The van der Waals surface area contributed by atoms with Crippen LogP contribution in [0.15, 0.2) is 12.1 Å². The van der Waals surface area contributed by atoms with Crippen LogP contribution < -0.4 is 5.32 Å². The molecule has 2 N–H and O–H groups in total. The molecule has 5 nitrogen and oxygen atoms in total. The third-order valence-electron chi connectivity index (χ3n) is 2.92. The number of nitrogens with one attached hydrogen (secondary N) is 1. The molecule has 1 aromatic heterocycles. The number of hydrogen-bond acceptors (Lipinski definition) is 3. The second-order valence-electron chi connectivity index (χ2n) is 4.75. The molecule has 1 aliphatic carbocycles. The van der Waals surface area contributed by atoms with Gasteiger partial charge in [-0.3, -0.25) is 5.32 Å². The fraction of sp³-hybridized carbons (Fsp3) is 0.538. The summed E-state index contributed by atoms with van der Waals surface area (Å²) < 4.78 is 0. The Hall–Kier alpha value is -1.62. The maximum Gasteiger partial charge on any atom is 0.323 e. The summed E-state index contributed by atoms with van der Waals surface area (Å²) in [5.74, 6) is 0.570. The number of pyridine rings is 1. The number of nitrogens with zero attached hydrogens (tertiary/aromatic N) is 2. The third-order valence-corrected chi connectivity index (χ3v) is 2.92. The SMILES string of the molecule is Cc1cc(C)nc(NC(=O)N(CCO)C2CC2)c1. The fourth-order valence-corrected chi connectivity index (χ4v) is 2.03. The molecule has 0 aliphatic heterocycles. The Balaban J connectivity index is 2.04. The van der Waals surface area contributed by atoms with Gasteiger partial charge in [0.05, 0.1) is 6.61 Å². The van der Waals surface area contributed by atoms with Gasteiger partial charge in [-0.15, -0.1) is 0 Å².